The van der Waals surface area contributed by atoms with E-state index in [4.69, 9.17) is 5.73 Å². The Morgan fingerprint density at radius 3 is 2.29 bits per heavy atom. The maximum absolute atomic E-state index is 12.6. The fourth-order valence-electron chi connectivity index (χ4n) is 2.93. The third kappa shape index (κ3) is 5.64. The topological polar surface area (TPSA) is 104 Å². The number of amides is 2. The van der Waals surface area contributed by atoms with Crippen LogP contribution in [0.1, 0.15) is 20.7 Å². The van der Waals surface area contributed by atoms with Gasteiger partial charge in [-0.2, -0.15) is 0 Å². The molecule has 160 valence electrons. The van der Waals surface area contributed by atoms with Crippen LogP contribution < -0.4 is 11.1 Å². The van der Waals surface area contributed by atoms with Crippen molar-refractivity contribution in [2.24, 2.45) is 0 Å². The van der Waals surface area contributed by atoms with Crippen molar-refractivity contribution in [3.8, 4) is 11.1 Å². The summed E-state index contributed by atoms with van der Waals surface area (Å²) in [7, 11) is 5.73. The van der Waals surface area contributed by atoms with Crippen molar-refractivity contribution in [3.05, 3.63) is 72.2 Å². The Morgan fingerprint density at radius 2 is 1.65 bits per heavy atom. The van der Waals surface area contributed by atoms with Gasteiger partial charge >= 0.3 is 0 Å². The number of pyridine rings is 2. The van der Waals surface area contributed by atoms with E-state index in [1.807, 2.05) is 31.1 Å². The molecule has 0 atom stereocenters. The molecule has 3 rings (SSSR count). The van der Waals surface area contributed by atoms with Crippen LogP contribution >= 0.6 is 0 Å². The molecule has 2 heterocycles. The minimum Gasteiger partial charge on any atom is -0.383 e. The van der Waals surface area contributed by atoms with Crippen molar-refractivity contribution < 1.29 is 9.59 Å². The third-order valence-corrected chi connectivity index (χ3v) is 4.80. The highest BCUT2D eigenvalue weighted by Crippen LogP contribution is 2.23. The van der Waals surface area contributed by atoms with Crippen molar-refractivity contribution in [3.63, 3.8) is 0 Å². The lowest BCUT2D eigenvalue weighted by Gasteiger charge is -2.19. The van der Waals surface area contributed by atoms with Gasteiger partial charge < -0.3 is 20.9 Å². The number of rotatable bonds is 7. The van der Waals surface area contributed by atoms with Gasteiger partial charge in [0.05, 0.1) is 5.56 Å². The molecule has 0 saturated heterocycles. The predicted octanol–water partition coefficient (Wildman–Crippen LogP) is 2.61. The number of nitrogens with one attached hydrogen (secondary N) is 1. The van der Waals surface area contributed by atoms with Gasteiger partial charge in [-0.05, 0) is 50.0 Å². The average molecular weight is 419 g/mol. The number of aromatic nitrogens is 2. The van der Waals surface area contributed by atoms with E-state index in [2.05, 4.69) is 15.3 Å². The van der Waals surface area contributed by atoms with Crippen molar-refractivity contribution in [2.75, 3.05) is 45.3 Å². The molecule has 0 aliphatic heterocycles. The Balaban J connectivity index is 1.76. The van der Waals surface area contributed by atoms with E-state index in [0.29, 0.717) is 17.8 Å². The van der Waals surface area contributed by atoms with Gasteiger partial charge in [0.2, 0.25) is 0 Å². The molecule has 1 aromatic carbocycles. The fraction of sp³-hybridized carbons (Fsp3) is 0.217. The van der Waals surface area contributed by atoms with E-state index in [1.165, 1.54) is 0 Å². The lowest BCUT2D eigenvalue weighted by atomic mass is 10.0. The first-order chi connectivity index (χ1) is 14.8. The van der Waals surface area contributed by atoms with Crippen molar-refractivity contribution in [2.45, 2.75) is 0 Å². The van der Waals surface area contributed by atoms with Crippen LogP contribution in [0.25, 0.3) is 11.1 Å². The molecule has 8 heteroatoms. The fourth-order valence-corrected chi connectivity index (χ4v) is 2.93. The van der Waals surface area contributed by atoms with Crippen LogP contribution in [0.4, 0.5) is 11.5 Å². The Morgan fingerprint density at radius 1 is 0.968 bits per heavy atom. The van der Waals surface area contributed by atoms with E-state index >= 15 is 0 Å². The van der Waals surface area contributed by atoms with Crippen molar-refractivity contribution in [1.82, 2.24) is 19.8 Å². The highest BCUT2D eigenvalue weighted by molar-refractivity contribution is 6.07. The molecule has 0 radical (unpaired) electrons. The summed E-state index contributed by atoms with van der Waals surface area (Å²) in [6.45, 7) is 1.44. The van der Waals surface area contributed by atoms with Gasteiger partial charge in [0, 0.05) is 55.5 Å². The van der Waals surface area contributed by atoms with Crippen LogP contribution in [0.5, 0.6) is 0 Å². The number of nitrogens with two attached hydrogens (primary N) is 1. The summed E-state index contributed by atoms with van der Waals surface area (Å²) in [5.74, 6) is -0.252. The molecule has 0 aliphatic carbocycles. The molecule has 0 unspecified atom stereocenters. The molecule has 31 heavy (non-hydrogen) atoms. The van der Waals surface area contributed by atoms with Crippen molar-refractivity contribution in [1.29, 1.82) is 0 Å². The SMILES string of the molecule is CN(C)CCN(C)C(=O)c1ccc(-c2cnc(N)c(C(=O)Nc3ccncc3)c2)cc1. The minimum atomic E-state index is -0.354. The van der Waals surface area contributed by atoms with E-state index in [0.717, 1.165) is 17.7 Å². The van der Waals surface area contributed by atoms with E-state index in [9.17, 15) is 9.59 Å². The molecule has 8 nitrogen and oxygen atoms in total. The Kier molecular flexibility index (Phi) is 6.94. The molecule has 0 spiro atoms. The van der Waals surface area contributed by atoms with Gasteiger partial charge in [0.15, 0.2) is 0 Å². The van der Waals surface area contributed by atoms with Gasteiger partial charge in [-0.15, -0.1) is 0 Å². The van der Waals surface area contributed by atoms with E-state index in [1.54, 1.807) is 60.9 Å². The Bertz CT molecular complexity index is 1050. The number of carbonyl (C=O) groups is 2. The van der Waals surface area contributed by atoms with E-state index in [-0.39, 0.29) is 23.2 Å². The predicted molar refractivity (Wildman–Crippen MR) is 122 cm³/mol. The van der Waals surface area contributed by atoms with Gasteiger partial charge in [-0.3, -0.25) is 14.6 Å². The second-order valence-corrected chi connectivity index (χ2v) is 7.45. The summed E-state index contributed by atoms with van der Waals surface area (Å²) in [5, 5.41) is 2.78. The molecule has 2 amide bonds. The second-order valence-electron chi connectivity index (χ2n) is 7.45. The lowest BCUT2D eigenvalue weighted by molar-refractivity contribution is 0.0786. The lowest BCUT2D eigenvalue weighted by Crippen LogP contribution is -2.33. The summed E-state index contributed by atoms with van der Waals surface area (Å²) in [5.41, 5.74) is 8.99. The average Bonchev–Trinajstić information content (AvgIpc) is 2.78. The third-order valence-electron chi connectivity index (χ3n) is 4.80. The summed E-state index contributed by atoms with van der Waals surface area (Å²) in [6.07, 6.45) is 4.79. The number of hydrogen-bond donors (Lipinski definition) is 2. The van der Waals surface area contributed by atoms with Crippen LogP contribution in [0.2, 0.25) is 0 Å². The molecule has 0 saturated carbocycles. The van der Waals surface area contributed by atoms with Crippen LogP contribution in [0.15, 0.2) is 61.1 Å². The first kappa shape index (κ1) is 21.9. The van der Waals surface area contributed by atoms with E-state index < -0.39 is 0 Å². The maximum atomic E-state index is 12.6. The van der Waals surface area contributed by atoms with Crippen LogP contribution in [0, 0.1) is 0 Å². The number of carbonyl (C=O) groups excluding carboxylic acids is 2. The smallest absolute Gasteiger partial charge is 0.259 e. The zero-order valence-electron chi connectivity index (χ0n) is 17.9. The molecule has 2 aromatic heterocycles. The van der Waals surface area contributed by atoms with Crippen LogP contribution in [-0.4, -0.2) is 65.8 Å². The normalized spacial score (nSPS) is 10.7. The number of nitrogens with zero attached hydrogens (tertiary/aromatic N) is 4. The summed E-state index contributed by atoms with van der Waals surface area (Å²) in [6, 6.07) is 12.3. The standard InChI is InChI=1S/C23H26N6O2/c1-28(2)12-13-29(3)23(31)17-6-4-16(5-7-17)18-14-20(21(24)26-15-18)22(30)27-19-8-10-25-11-9-19/h4-11,14-15H,12-13H2,1-3H3,(H2,24,26)(H,25,27,30). The van der Waals surface area contributed by atoms with Gasteiger partial charge in [-0.1, -0.05) is 12.1 Å². The first-order valence-corrected chi connectivity index (χ1v) is 9.82. The number of benzene rings is 1. The monoisotopic (exact) mass is 418 g/mol. The largest absolute Gasteiger partial charge is 0.383 e. The highest BCUT2D eigenvalue weighted by atomic mass is 16.2. The number of nitrogen functional groups attached to an aromatic ring is 1. The van der Waals surface area contributed by atoms with Gasteiger partial charge in [0.1, 0.15) is 5.82 Å². The molecule has 0 fully saturated rings. The summed E-state index contributed by atoms with van der Waals surface area (Å²) in [4.78, 5) is 37.1. The first-order valence-electron chi connectivity index (χ1n) is 9.82. The zero-order valence-corrected chi connectivity index (χ0v) is 17.9. The number of hydrogen-bond acceptors (Lipinski definition) is 6. The molecular formula is C23H26N6O2. The number of anilines is 2. The highest BCUT2D eigenvalue weighted by Gasteiger charge is 2.15. The van der Waals surface area contributed by atoms with Crippen LogP contribution in [-0.2, 0) is 0 Å². The summed E-state index contributed by atoms with van der Waals surface area (Å²) >= 11 is 0. The van der Waals surface area contributed by atoms with Crippen LogP contribution in [0.3, 0.4) is 0 Å². The van der Waals surface area contributed by atoms with Gasteiger partial charge in [0.25, 0.3) is 11.8 Å². The van der Waals surface area contributed by atoms with Gasteiger partial charge in [-0.25, -0.2) is 4.98 Å². The molecule has 3 aromatic rings. The maximum Gasteiger partial charge on any atom is 0.259 e. The summed E-state index contributed by atoms with van der Waals surface area (Å²) < 4.78 is 0. The molecule has 0 bridgehead atoms. The Labute approximate surface area is 181 Å². The molecule has 3 N–H and O–H groups in total. The zero-order chi connectivity index (χ0) is 22.4. The quantitative estimate of drug-likeness (QED) is 0.611. The second kappa shape index (κ2) is 9.82. The molecule has 0 aliphatic rings. The number of likely N-dealkylation sites (N-methyl/N-ethyl adjacent to an activating group) is 2. The minimum absolute atomic E-state index is 0.0405. The van der Waals surface area contributed by atoms with Crippen molar-refractivity contribution >= 4 is 23.3 Å². The Hall–Kier alpha value is -3.78. The molecular weight excluding hydrogens is 392 g/mol.